The summed E-state index contributed by atoms with van der Waals surface area (Å²) in [5, 5.41) is 3.86. The lowest BCUT2D eigenvalue weighted by Crippen LogP contribution is -2.57. The van der Waals surface area contributed by atoms with Crippen LogP contribution in [-0.4, -0.2) is 95.8 Å². The van der Waals surface area contributed by atoms with Crippen LogP contribution in [-0.2, 0) is 9.59 Å². The highest BCUT2D eigenvalue weighted by atomic mass is 35.5. The van der Waals surface area contributed by atoms with Crippen molar-refractivity contribution in [2.75, 3.05) is 46.3 Å². The molecule has 2 saturated heterocycles. The molecule has 34 heavy (non-hydrogen) atoms. The van der Waals surface area contributed by atoms with E-state index in [1.165, 1.54) is 0 Å². The Morgan fingerprint density at radius 1 is 1.09 bits per heavy atom. The lowest BCUT2D eigenvalue weighted by atomic mass is 10.0. The molecule has 1 aromatic carbocycles. The summed E-state index contributed by atoms with van der Waals surface area (Å²) in [4.78, 5) is 47.3. The monoisotopic (exact) mass is 490 g/mol. The van der Waals surface area contributed by atoms with Crippen molar-refractivity contribution in [3.05, 3.63) is 36.0 Å². The van der Waals surface area contributed by atoms with Crippen molar-refractivity contribution in [2.24, 2.45) is 5.73 Å². The summed E-state index contributed by atoms with van der Waals surface area (Å²) in [7, 11) is 2.16. The topological polar surface area (TPSA) is 115 Å². The number of piperidine rings is 1. The standard InChI is InChI=1S/C24H34N6O3.ClH/c1-28-10-7-19(8-11-28)29-12-14-30(15-13-29)24(33)20(4-5-22(25)31)27-23(32)18-3-2-17-6-9-26-21(17)16-18;/h2-3,6,9,16,19-20,26H,4-5,7-8,10-15H2,1H3,(H2,25,31)(H,27,32);1H/t20-;/m1./s1. The van der Waals surface area contributed by atoms with E-state index in [-0.39, 0.29) is 37.1 Å². The van der Waals surface area contributed by atoms with Gasteiger partial charge in [0.1, 0.15) is 6.04 Å². The molecule has 186 valence electrons. The molecule has 2 aliphatic rings. The van der Waals surface area contributed by atoms with Gasteiger partial charge in [-0.05, 0) is 63.0 Å². The fraction of sp³-hybridized carbons (Fsp3) is 0.542. The third-order valence-electron chi connectivity index (χ3n) is 6.93. The summed E-state index contributed by atoms with van der Waals surface area (Å²) in [6, 6.07) is 7.10. The largest absolute Gasteiger partial charge is 0.370 e. The van der Waals surface area contributed by atoms with Crippen molar-refractivity contribution in [1.29, 1.82) is 0 Å². The second kappa shape index (κ2) is 11.7. The van der Waals surface area contributed by atoms with Crippen LogP contribution in [0.3, 0.4) is 0 Å². The molecule has 1 aromatic heterocycles. The van der Waals surface area contributed by atoms with Crippen molar-refractivity contribution in [3.63, 3.8) is 0 Å². The van der Waals surface area contributed by atoms with Crippen LogP contribution in [0.2, 0.25) is 0 Å². The van der Waals surface area contributed by atoms with E-state index < -0.39 is 11.9 Å². The first-order valence-electron chi connectivity index (χ1n) is 11.8. The third kappa shape index (κ3) is 6.28. The number of aromatic amines is 1. The number of rotatable bonds is 7. The number of halogens is 1. The highest BCUT2D eigenvalue weighted by Gasteiger charge is 2.32. The maximum absolute atomic E-state index is 13.3. The fourth-order valence-corrected chi connectivity index (χ4v) is 4.86. The van der Waals surface area contributed by atoms with E-state index in [0.717, 1.165) is 49.9 Å². The van der Waals surface area contributed by atoms with Crippen molar-refractivity contribution < 1.29 is 14.4 Å². The molecule has 0 unspecified atom stereocenters. The van der Waals surface area contributed by atoms with Crippen LogP contribution >= 0.6 is 12.4 Å². The van der Waals surface area contributed by atoms with Crippen molar-refractivity contribution in [2.45, 2.75) is 37.8 Å². The Kier molecular flexibility index (Phi) is 8.93. The van der Waals surface area contributed by atoms with Gasteiger partial charge in [-0.15, -0.1) is 12.4 Å². The predicted molar refractivity (Wildman–Crippen MR) is 134 cm³/mol. The van der Waals surface area contributed by atoms with Crippen LogP contribution in [0.5, 0.6) is 0 Å². The second-order valence-electron chi connectivity index (χ2n) is 9.21. The Hall–Kier alpha value is -2.62. The number of likely N-dealkylation sites (tertiary alicyclic amines) is 1. The molecule has 0 bridgehead atoms. The van der Waals surface area contributed by atoms with Crippen molar-refractivity contribution in [3.8, 4) is 0 Å². The van der Waals surface area contributed by atoms with E-state index in [0.29, 0.717) is 24.7 Å². The van der Waals surface area contributed by atoms with Gasteiger partial charge in [0.15, 0.2) is 0 Å². The number of carbonyl (C=O) groups is 3. The summed E-state index contributed by atoms with van der Waals surface area (Å²) >= 11 is 0. The predicted octanol–water partition coefficient (Wildman–Crippen LogP) is 1.19. The van der Waals surface area contributed by atoms with Gasteiger partial charge in [0, 0.05) is 55.9 Å². The third-order valence-corrected chi connectivity index (χ3v) is 6.93. The van der Waals surface area contributed by atoms with Crippen LogP contribution in [0.4, 0.5) is 0 Å². The average Bonchev–Trinajstić information content (AvgIpc) is 3.29. The number of carbonyl (C=O) groups excluding carboxylic acids is 3. The molecule has 0 spiro atoms. The Morgan fingerprint density at radius 2 is 1.79 bits per heavy atom. The quantitative estimate of drug-likeness (QED) is 0.539. The van der Waals surface area contributed by atoms with Gasteiger partial charge < -0.3 is 25.8 Å². The van der Waals surface area contributed by atoms with E-state index in [2.05, 4.69) is 27.1 Å². The number of nitrogens with one attached hydrogen (secondary N) is 2. The number of amides is 3. The lowest BCUT2D eigenvalue weighted by Gasteiger charge is -2.42. The van der Waals surface area contributed by atoms with Crippen LogP contribution in [0.25, 0.3) is 10.9 Å². The number of primary amides is 1. The molecule has 1 atom stereocenters. The summed E-state index contributed by atoms with van der Waals surface area (Å²) in [6.07, 6.45) is 4.37. The van der Waals surface area contributed by atoms with Gasteiger partial charge in [0.05, 0.1) is 0 Å². The number of hydrogen-bond acceptors (Lipinski definition) is 5. The van der Waals surface area contributed by atoms with Gasteiger partial charge in [0.2, 0.25) is 11.8 Å². The summed E-state index contributed by atoms with van der Waals surface area (Å²) in [6.45, 7) is 5.14. The first kappa shape index (κ1) is 26.0. The Morgan fingerprint density at radius 3 is 2.47 bits per heavy atom. The molecule has 10 heteroatoms. The average molecular weight is 491 g/mol. The Balaban J connectivity index is 0.00000324. The van der Waals surface area contributed by atoms with Gasteiger partial charge in [-0.3, -0.25) is 19.3 Å². The summed E-state index contributed by atoms with van der Waals surface area (Å²) in [5.41, 5.74) is 6.65. The molecular weight excluding hydrogens is 456 g/mol. The highest BCUT2D eigenvalue weighted by Crippen LogP contribution is 2.19. The number of benzene rings is 1. The van der Waals surface area contributed by atoms with E-state index >= 15 is 0 Å². The molecular formula is C24H35ClN6O3. The lowest BCUT2D eigenvalue weighted by molar-refractivity contribution is -0.135. The van der Waals surface area contributed by atoms with E-state index in [1.807, 2.05) is 23.2 Å². The SMILES string of the molecule is CN1CCC(N2CCN(C(=O)[C@@H](CCC(N)=O)NC(=O)c3ccc4cc[nH]c4c3)CC2)CC1.Cl. The minimum absolute atomic E-state index is 0. The molecule has 2 aliphatic heterocycles. The zero-order chi connectivity index (χ0) is 23.4. The molecule has 4 rings (SSSR count). The molecule has 3 heterocycles. The van der Waals surface area contributed by atoms with Gasteiger partial charge >= 0.3 is 0 Å². The van der Waals surface area contributed by atoms with Crippen LogP contribution in [0.1, 0.15) is 36.0 Å². The Bertz CT molecular complexity index is 996. The molecule has 4 N–H and O–H groups in total. The normalized spacial score (nSPS) is 18.9. The van der Waals surface area contributed by atoms with E-state index in [4.69, 9.17) is 5.73 Å². The van der Waals surface area contributed by atoms with Crippen molar-refractivity contribution in [1.82, 2.24) is 25.0 Å². The smallest absolute Gasteiger partial charge is 0.252 e. The molecule has 2 fully saturated rings. The number of H-pyrrole nitrogens is 1. The van der Waals surface area contributed by atoms with Crippen molar-refractivity contribution >= 4 is 41.0 Å². The van der Waals surface area contributed by atoms with Crippen LogP contribution < -0.4 is 11.1 Å². The number of piperazine rings is 1. The number of aromatic nitrogens is 1. The number of fused-ring (bicyclic) bond motifs is 1. The minimum Gasteiger partial charge on any atom is -0.370 e. The molecule has 2 aromatic rings. The van der Waals surface area contributed by atoms with Crippen LogP contribution in [0.15, 0.2) is 30.5 Å². The maximum atomic E-state index is 13.3. The molecule has 3 amide bonds. The summed E-state index contributed by atoms with van der Waals surface area (Å²) < 4.78 is 0. The second-order valence-corrected chi connectivity index (χ2v) is 9.21. The molecule has 0 radical (unpaired) electrons. The zero-order valence-corrected chi connectivity index (χ0v) is 20.5. The summed E-state index contributed by atoms with van der Waals surface area (Å²) in [5.74, 6) is -0.963. The van der Waals surface area contributed by atoms with Gasteiger partial charge in [-0.25, -0.2) is 0 Å². The molecule has 9 nitrogen and oxygen atoms in total. The first-order chi connectivity index (χ1) is 15.9. The first-order valence-corrected chi connectivity index (χ1v) is 11.8. The van der Waals surface area contributed by atoms with Gasteiger partial charge in [0.25, 0.3) is 5.91 Å². The number of nitrogens with two attached hydrogens (primary N) is 1. The van der Waals surface area contributed by atoms with Gasteiger partial charge in [-0.2, -0.15) is 0 Å². The Labute approximate surface area is 206 Å². The van der Waals surface area contributed by atoms with Crippen LogP contribution in [0, 0.1) is 0 Å². The minimum atomic E-state index is -0.779. The number of hydrogen-bond donors (Lipinski definition) is 3. The highest BCUT2D eigenvalue weighted by molar-refractivity contribution is 6.00. The van der Waals surface area contributed by atoms with E-state index in [1.54, 1.807) is 12.1 Å². The molecule has 0 saturated carbocycles. The fourth-order valence-electron chi connectivity index (χ4n) is 4.86. The van der Waals surface area contributed by atoms with Gasteiger partial charge in [-0.1, -0.05) is 6.07 Å². The number of nitrogens with zero attached hydrogens (tertiary/aromatic N) is 3. The molecule has 0 aliphatic carbocycles. The van der Waals surface area contributed by atoms with E-state index in [9.17, 15) is 14.4 Å². The zero-order valence-electron chi connectivity index (χ0n) is 19.7. The maximum Gasteiger partial charge on any atom is 0.252 e.